The van der Waals surface area contributed by atoms with Gasteiger partial charge in [0.15, 0.2) is 9.84 Å². The lowest BCUT2D eigenvalue weighted by Crippen LogP contribution is -2.27. The lowest BCUT2D eigenvalue weighted by atomic mass is 9.84. The summed E-state index contributed by atoms with van der Waals surface area (Å²) in [5.41, 5.74) is 2.55. The van der Waals surface area contributed by atoms with Crippen molar-refractivity contribution in [1.82, 2.24) is 0 Å². The summed E-state index contributed by atoms with van der Waals surface area (Å²) in [5.74, 6) is -1.16. The van der Waals surface area contributed by atoms with Crippen LogP contribution < -0.4 is 4.90 Å². The molecule has 0 unspecified atom stereocenters. The fraction of sp³-hybridized carbons (Fsp3) is 0.481. The number of thioether (sulfide) groups is 2. The summed E-state index contributed by atoms with van der Waals surface area (Å²) in [5, 5.41) is 0. The standard InChI is InChI=1S/C27H35NO6S3/c1-7-8-9-10-11-16-28-20-13-12-18(37(6,31)32)17-19(20)27(2,3)21(28)14-15-22-35-23(25(29)33-4)24(36-22)26(30)34-5/h12-15,17H,7-11,16H2,1-6H3/b21-14-. The van der Waals surface area contributed by atoms with Gasteiger partial charge < -0.3 is 14.4 Å². The molecule has 2 heterocycles. The molecule has 0 radical (unpaired) electrons. The second kappa shape index (κ2) is 12.1. The summed E-state index contributed by atoms with van der Waals surface area (Å²) in [7, 11) is -0.789. The van der Waals surface area contributed by atoms with Crippen molar-refractivity contribution in [3.63, 3.8) is 0 Å². The van der Waals surface area contributed by atoms with E-state index >= 15 is 0 Å². The first-order chi connectivity index (χ1) is 17.4. The minimum atomic E-state index is -3.35. The predicted octanol–water partition coefficient (Wildman–Crippen LogP) is 5.92. The van der Waals surface area contributed by atoms with Crippen LogP contribution in [0.4, 0.5) is 5.69 Å². The molecule has 7 nitrogen and oxygen atoms in total. The van der Waals surface area contributed by atoms with E-state index in [-0.39, 0.29) is 9.81 Å². The maximum atomic E-state index is 12.3. The summed E-state index contributed by atoms with van der Waals surface area (Å²) in [6.07, 6.45) is 10.8. The fourth-order valence-electron chi connectivity index (χ4n) is 4.48. The van der Waals surface area contributed by atoms with E-state index in [0.29, 0.717) is 4.90 Å². The third kappa shape index (κ3) is 6.46. The molecule has 0 fully saturated rings. The Labute approximate surface area is 228 Å². The normalized spacial score (nSPS) is 17.8. The van der Waals surface area contributed by atoms with Gasteiger partial charge in [-0.05, 0) is 42.3 Å². The largest absolute Gasteiger partial charge is 0.465 e. The first kappa shape index (κ1) is 29.4. The second-order valence-corrected chi connectivity index (χ2v) is 13.9. The van der Waals surface area contributed by atoms with Crippen LogP contribution in [0.25, 0.3) is 0 Å². The van der Waals surface area contributed by atoms with Crippen molar-refractivity contribution in [2.75, 3.05) is 31.9 Å². The van der Waals surface area contributed by atoms with E-state index in [1.807, 2.05) is 18.2 Å². The molecule has 2 aliphatic heterocycles. The lowest BCUT2D eigenvalue weighted by Gasteiger charge is -2.27. The highest BCUT2D eigenvalue weighted by Gasteiger charge is 2.40. The molecule has 0 N–H and O–H groups in total. The van der Waals surface area contributed by atoms with Gasteiger partial charge in [0.2, 0.25) is 0 Å². The third-order valence-corrected chi connectivity index (χ3v) is 10.1. The number of nitrogens with zero attached hydrogens (tertiary/aromatic N) is 1. The van der Waals surface area contributed by atoms with Crippen LogP contribution in [0.5, 0.6) is 0 Å². The van der Waals surface area contributed by atoms with Crippen molar-refractivity contribution in [3.8, 4) is 0 Å². The van der Waals surface area contributed by atoms with Crippen LogP contribution in [-0.4, -0.2) is 47.4 Å². The van der Waals surface area contributed by atoms with Gasteiger partial charge in [-0.25, -0.2) is 18.0 Å². The van der Waals surface area contributed by atoms with E-state index in [0.717, 1.165) is 40.6 Å². The molecule has 0 amide bonds. The molecule has 0 saturated heterocycles. The molecule has 0 aromatic heterocycles. The Morgan fingerprint density at radius 1 is 0.973 bits per heavy atom. The molecular formula is C27H35NO6S3. The maximum Gasteiger partial charge on any atom is 0.346 e. The highest BCUT2D eigenvalue weighted by molar-refractivity contribution is 8.29. The number of carbonyl (C=O) groups is 2. The summed E-state index contributed by atoms with van der Waals surface area (Å²) in [4.78, 5) is 27.5. The number of anilines is 1. The molecule has 3 rings (SSSR count). The smallest absolute Gasteiger partial charge is 0.346 e. The number of carbonyl (C=O) groups excluding carboxylic acids is 2. The number of benzene rings is 1. The Hall–Kier alpha value is -2.17. The molecule has 10 heteroatoms. The van der Waals surface area contributed by atoms with E-state index in [4.69, 9.17) is 9.47 Å². The highest BCUT2D eigenvalue weighted by atomic mass is 32.2. The molecular weight excluding hydrogens is 530 g/mol. The number of rotatable bonds is 10. The van der Waals surface area contributed by atoms with Crippen molar-refractivity contribution < 1.29 is 27.5 Å². The second-order valence-electron chi connectivity index (χ2n) is 9.53. The molecule has 0 saturated carbocycles. The molecule has 0 bridgehead atoms. The van der Waals surface area contributed by atoms with E-state index in [1.54, 1.807) is 12.1 Å². The van der Waals surface area contributed by atoms with Crippen LogP contribution in [0.3, 0.4) is 0 Å². The molecule has 0 aliphatic carbocycles. The molecule has 2 aliphatic rings. The Kier molecular flexibility index (Phi) is 9.63. The summed E-state index contributed by atoms with van der Waals surface area (Å²) < 4.78 is 35.0. The number of hydrogen-bond donors (Lipinski definition) is 0. The van der Waals surface area contributed by atoms with Crippen LogP contribution in [0.2, 0.25) is 0 Å². The van der Waals surface area contributed by atoms with Gasteiger partial charge in [0.25, 0.3) is 0 Å². The van der Waals surface area contributed by atoms with Crippen LogP contribution in [-0.2, 0) is 34.3 Å². The summed E-state index contributed by atoms with van der Waals surface area (Å²) >= 11 is 2.36. The molecule has 0 atom stereocenters. The van der Waals surface area contributed by atoms with Gasteiger partial charge in [0.05, 0.1) is 23.4 Å². The number of fused-ring (bicyclic) bond motifs is 1. The molecule has 202 valence electrons. The van der Waals surface area contributed by atoms with E-state index in [1.165, 1.54) is 63.3 Å². The monoisotopic (exact) mass is 565 g/mol. The number of ether oxygens (including phenoxy) is 2. The third-order valence-electron chi connectivity index (χ3n) is 6.51. The molecule has 1 aromatic carbocycles. The number of allylic oxidation sites excluding steroid dienone is 3. The Morgan fingerprint density at radius 3 is 2.11 bits per heavy atom. The van der Waals surface area contributed by atoms with Gasteiger partial charge >= 0.3 is 11.9 Å². The van der Waals surface area contributed by atoms with Gasteiger partial charge in [-0.15, -0.1) is 0 Å². The van der Waals surface area contributed by atoms with Gasteiger partial charge in [-0.3, -0.25) is 0 Å². The number of methoxy groups -OCH3 is 2. The van der Waals surface area contributed by atoms with Crippen molar-refractivity contribution in [2.45, 2.75) is 63.2 Å². The number of hydrogen-bond acceptors (Lipinski definition) is 9. The van der Waals surface area contributed by atoms with Gasteiger partial charge in [-0.1, -0.05) is 70.0 Å². The van der Waals surface area contributed by atoms with Crippen molar-refractivity contribution in [3.05, 3.63) is 55.7 Å². The van der Waals surface area contributed by atoms with E-state index in [9.17, 15) is 18.0 Å². The van der Waals surface area contributed by atoms with Crippen LogP contribution >= 0.6 is 23.5 Å². The molecule has 1 aromatic rings. The minimum Gasteiger partial charge on any atom is -0.465 e. The average molecular weight is 566 g/mol. The molecule has 0 spiro atoms. The van der Waals surface area contributed by atoms with Gasteiger partial charge in [0, 0.05) is 29.6 Å². The lowest BCUT2D eigenvalue weighted by molar-refractivity contribution is -0.138. The Morgan fingerprint density at radius 2 is 1.57 bits per heavy atom. The Bertz CT molecular complexity index is 1230. The predicted molar refractivity (Wildman–Crippen MR) is 151 cm³/mol. The zero-order valence-electron chi connectivity index (χ0n) is 22.3. The first-order valence-electron chi connectivity index (χ1n) is 12.3. The van der Waals surface area contributed by atoms with Gasteiger partial charge in [0.1, 0.15) is 9.81 Å². The van der Waals surface area contributed by atoms with E-state index < -0.39 is 27.2 Å². The van der Waals surface area contributed by atoms with Crippen molar-refractivity contribution in [2.24, 2.45) is 0 Å². The summed E-state index contributed by atoms with van der Waals surface area (Å²) in [6.45, 7) is 7.18. The number of esters is 2. The van der Waals surface area contributed by atoms with Crippen molar-refractivity contribution >= 4 is 51.0 Å². The molecule has 37 heavy (non-hydrogen) atoms. The maximum absolute atomic E-state index is 12.3. The van der Waals surface area contributed by atoms with Crippen molar-refractivity contribution in [1.29, 1.82) is 0 Å². The first-order valence-corrected chi connectivity index (χ1v) is 15.8. The quantitative estimate of drug-likeness (QED) is 0.253. The van der Waals surface area contributed by atoms with Gasteiger partial charge in [-0.2, -0.15) is 0 Å². The number of unbranched alkanes of at least 4 members (excludes halogenated alkanes) is 4. The average Bonchev–Trinajstić information content (AvgIpc) is 3.37. The zero-order valence-corrected chi connectivity index (χ0v) is 24.7. The highest BCUT2D eigenvalue weighted by Crippen LogP contribution is 2.52. The van der Waals surface area contributed by atoms with Crippen LogP contribution in [0.1, 0.15) is 58.4 Å². The fourth-order valence-corrected chi connectivity index (χ4v) is 7.41. The minimum absolute atomic E-state index is 0.212. The number of sulfone groups is 1. The zero-order chi connectivity index (χ0) is 27.4. The van der Waals surface area contributed by atoms with E-state index in [2.05, 4.69) is 25.7 Å². The SMILES string of the molecule is CCCCCCCN1/C(=C\C=C2SC(C(=O)OC)=C(C(=O)OC)S2)C(C)(C)c2cc(S(C)(=O)=O)ccc21. The van der Waals surface area contributed by atoms with Crippen LogP contribution in [0, 0.1) is 0 Å². The summed E-state index contributed by atoms with van der Waals surface area (Å²) in [6, 6.07) is 5.36. The van der Waals surface area contributed by atoms with Crippen LogP contribution in [0.15, 0.2) is 55.0 Å². The Balaban J connectivity index is 1.99. The topological polar surface area (TPSA) is 90.0 Å².